The van der Waals surface area contributed by atoms with Gasteiger partial charge in [0.1, 0.15) is 12.1 Å². The summed E-state index contributed by atoms with van der Waals surface area (Å²) in [6.45, 7) is 0. The minimum atomic E-state index is 0.487. The summed E-state index contributed by atoms with van der Waals surface area (Å²) in [7, 11) is 0. The second kappa shape index (κ2) is 4.70. The molecular weight excluding hydrogens is 294 g/mol. The third kappa shape index (κ3) is 2.04. The van der Waals surface area contributed by atoms with Gasteiger partial charge >= 0.3 is 0 Å². The number of aromatic nitrogens is 3. The van der Waals surface area contributed by atoms with E-state index in [-0.39, 0.29) is 0 Å². The predicted molar refractivity (Wildman–Crippen MR) is 71.5 cm³/mol. The van der Waals surface area contributed by atoms with Gasteiger partial charge in [-0.05, 0) is 40.2 Å². The zero-order chi connectivity index (χ0) is 12.4. The first-order valence-electron chi connectivity index (χ1n) is 5.32. The quantitative estimate of drug-likeness (QED) is 0.726. The maximum Gasteiger partial charge on any atom is 0.236 e. The summed E-state index contributed by atoms with van der Waals surface area (Å²) >= 11 is 3.35. The summed E-state index contributed by atoms with van der Waals surface area (Å²) in [5.41, 5.74) is 0.889. The molecule has 0 fully saturated rings. The maximum absolute atomic E-state index is 5.78. The molecule has 3 aromatic rings. The number of hydrogen-bond acceptors (Lipinski definition) is 4. The van der Waals surface area contributed by atoms with E-state index >= 15 is 0 Å². The largest absolute Gasteiger partial charge is 0.437 e. The molecule has 1 aromatic carbocycles. The van der Waals surface area contributed by atoms with Gasteiger partial charge in [0.15, 0.2) is 0 Å². The average molecular weight is 302 g/mol. The molecule has 0 radical (unpaired) electrons. The topological polar surface area (TPSA) is 47.9 Å². The van der Waals surface area contributed by atoms with Crippen LogP contribution in [-0.4, -0.2) is 15.0 Å². The van der Waals surface area contributed by atoms with Crippen LogP contribution < -0.4 is 4.74 Å². The van der Waals surface area contributed by atoms with Gasteiger partial charge in [0.25, 0.3) is 0 Å². The van der Waals surface area contributed by atoms with Crippen LogP contribution in [-0.2, 0) is 0 Å². The van der Waals surface area contributed by atoms with E-state index in [1.54, 1.807) is 12.4 Å². The van der Waals surface area contributed by atoms with E-state index in [0.717, 1.165) is 16.7 Å². The highest BCUT2D eigenvalue weighted by molar-refractivity contribution is 9.10. The number of rotatable bonds is 2. The van der Waals surface area contributed by atoms with E-state index in [1.165, 1.54) is 6.33 Å². The van der Waals surface area contributed by atoms with Crippen molar-refractivity contribution in [2.75, 3.05) is 0 Å². The Morgan fingerprint density at radius 3 is 2.89 bits per heavy atom. The summed E-state index contributed by atoms with van der Waals surface area (Å²) in [5, 5.41) is 0.950. The summed E-state index contributed by atoms with van der Waals surface area (Å²) < 4.78 is 6.50. The van der Waals surface area contributed by atoms with Crippen molar-refractivity contribution in [3.05, 3.63) is 53.5 Å². The van der Waals surface area contributed by atoms with Crippen molar-refractivity contribution in [1.29, 1.82) is 0 Å². The first kappa shape index (κ1) is 11.1. The molecule has 3 rings (SSSR count). The molecule has 4 nitrogen and oxygen atoms in total. The van der Waals surface area contributed by atoms with E-state index in [4.69, 9.17) is 4.74 Å². The lowest BCUT2D eigenvalue weighted by atomic mass is 10.2. The first-order valence-corrected chi connectivity index (χ1v) is 6.11. The maximum atomic E-state index is 5.78. The number of benzene rings is 1. The fourth-order valence-electron chi connectivity index (χ4n) is 1.64. The summed E-state index contributed by atoms with van der Waals surface area (Å²) in [4.78, 5) is 12.3. The minimum Gasteiger partial charge on any atom is -0.437 e. The van der Waals surface area contributed by atoms with Crippen molar-refractivity contribution >= 4 is 26.8 Å². The SMILES string of the molecule is Brc1cncnc1Oc1cccc2ncccc12. The average Bonchev–Trinajstić information content (AvgIpc) is 2.42. The molecule has 0 saturated carbocycles. The monoisotopic (exact) mass is 301 g/mol. The highest BCUT2D eigenvalue weighted by Gasteiger charge is 2.07. The fraction of sp³-hybridized carbons (Fsp3) is 0. The highest BCUT2D eigenvalue weighted by Crippen LogP contribution is 2.30. The zero-order valence-corrected chi connectivity index (χ0v) is 10.8. The van der Waals surface area contributed by atoms with E-state index in [1.807, 2.05) is 30.3 Å². The second-order valence-electron chi connectivity index (χ2n) is 3.60. The van der Waals surface area contributed by atoms with Gasteiger partial charge in [-0.2, -0.15) is 0 Å². The van der Waals surface area contributed by atoms with Crippen LogP contribution in [0.15, 0.2) is 53.5 Å². The Balaban J connectivity index is 2.08. The fourth-order valence-corrected chi connectivity index (χ4v) is 1.95. The molecule has 5 heteroatoms. The number of pyridine rings is 1. The molecule has 0 aliphatic carbocycles. The summed E-state index contributed by atoms with van der Waals surface area (Å²) in [6.07, 6.45) is 4.85. The van der Waals surface area contributed by atoms with Crippen LogP contribution in [0.4, 0.5) is 0 Å². The number of fused-ring (bicyclic) bond motifs is 1. The molecule has 18 heavy (non-hydrogen) atoms. The van der Waals surface area contributed by atoms with Crippen LogP contribution in [0.5, 0.6) is 11.6 Å². The Morgan fingerprint density at radius 1 is 1.06 bits per heavy atom. The van der Waals surface area contributed by atoms with Gasteiger partial charge in [-0.25, -0.2) is 9.97 Å². The van der Waals surface area contributed by atoms with Crippen molar-refractivity contribution in [2.24, 2.45) is 0 Å². The Bertz CT molecular complexity index is 697. The molecule has 0 bridgehead atoms. The number of hydrogen-bond donors (Lipinski definition) is 0. The smallest absolute Gasteiger partial charge is 0.236 e. The molecule has 0 atom stereocenters. The van der Waals surface area contributed by atoms with Gasteiger partial charge in [-0.1, -0.05) is 6.07 Å². The molecule has 0 N–H and O–H groups in total. The van der Waals surface area contributed by atoms with Gasteiger partial charge in [-0.15, -0.1) is 0 Å². The van der Waals surface area contributed by atoms with Gasteiger partial charge in [0, 0.05) is 17.8 Å². The standard InChI is InChI=1S/C13H8BrN3O/c14-10-7-15-8-17-13(10)18-12-5-1-4-11-9(12)3-2-6-16-11/h1-8H. The van der Waals surface area contributed by atoms with Crippen molar-refractivity contribution in [1.82, 2.24) is 15.0 Å². The van der Waals surface area contributed by atoms with Gasteiger partial charge in [0.05, 0.1) is 9.99 Å². The van der Waals surface area contributed by atoms with E-state index in [0.29, 0.717) is 10.4 Å². The normalized spacial score (nSPS) is 10.5. The van der Waals surface area contributed by atoms with Crippen molar-refractivity contribution in [2.45, 2.75) is 0 Å². The Kier molecular flexibility index (Phi) is 2.90. The summed E-state index contributed by atoms with van der Waals surface area (Å²) in [6, 6.07) is 9.58. The lowest BCUT2D eigenvalue weighted by molar-refractivity contribution is 0.463. The van der Waals surface area contributed by atoms with E-state index in [9.17, 15) is 0 Å². The first-order chi connectivity index (χ1) is 8.84. The van der Waals surface area contributed by atoms with E-state index < -0.39 is 0 Å². The molecule has 0 spiro atoms. The van der Waals surface area contributed by atoms with Gasteiger partial charge < -0.3 is 4.74 Å². The third-order valence-corrected chi connectivity index (χ3v) is 2.99. The molecule has 0 aliphatic rings. The molecule has 0 aliphatic heterocycles. The number of ether oxygens (including phenoxy) is 1. The predicted octanol–water partition coefficient (Wildman–Crippen LogP) is 3.58. The van der Waals surface area contributed by atoms with Crippen molar-refractivity contribution in [3.63, 3.8) is 0 Å². The Labute approximate surface area is 112 Å². The number of halogens is 1. The zero-order valence-electron chi connectivity index (χ0n) is 9.25. The van der Waals surface area contributed by atoms with Crippen LogP contribution in [0.1, 0.15) is 0 Å². The second-order valence-corrected chi connectivity index (χ2v) is 4.46. The lowest BCUT2D eigenvalue weighted by Gasteiger charge is -2.08. The van der Waals surface area contributed by atoms with Gasteiger partial charge in [0.2, 0.25) is 5.88 Å². The van der Waals surface area contributed by atoms with Crippen LogP contribution in [0.3, 0.4) is 0 Å². The Morgan fingerprint density at radius 2 is 2.00 bits per heavy atom. The molecule has 0 amide bonds. The van der Waals surface area contributed by atoms with Crippen LogP contribution in [0, 0.1) is 0 Å². The lowest BCUT2D eigenvalue weighted by Crippen LogP contribution is -1.91. The van der Waals surface area contributed by atoms with Crippen molar-refractivity contribution in [3.8, 4) is 11.6 Å². The molecule has 2 heterocycles. The molecular formula is C13H8BrN3O. The third-order valence-electron chi connectivity index (χ3n) is 2.45. The molecule has 0 unspecified atom stereocenters. The van der Waals surface area contributed by atoms with Crippen LogP contribution in [0.25, 0.3) is 10.9 Å². The molecule has 0 saturated heterocycles. The molecule has 88 valence electrons. The highest BCUT2D eigenvalue weighted by atomic mass is 79.9. The van der Waals surface area contributed by atoms with Crippen LogP contribution in [0.2, 0.25) is 0 Å². The minimum absolute atomic E-state index is 0.487. The van der Waals surface area contributed by atoms with Gasteiger partial charge in [-0.3, -0.25) is 4.98 Å². The Hall–Kier alpha value is -2.01. The van der Waals surface area contributed by atoms with E-state index in [2.05, 4.69) is 30.9 Å². The van der Waals surface area contributed by atoms with Crippen LogP contribution >= 0.6 is 15.9 Å². The molecule has 2 aromatic heterocycles. The summed E-state index contributed by atoms with van der Waals surface area (Å²) in [5.74, 6) is 1.21. The van der Waals surface area contributed by atoms with Crippen molar-refractivity contribution < 1.29 is 4.74 Å². The number of nitrogens with zero attached hydrogens (tertiary/aromatic N) is 3.